The lowest BCUT2D eigenvalue weighted by Crippen LogP contribution is -2.36. The van der Waals surface area contributed by atoms with Gasteiger partial charge in [0.2, 0.25) is 5.91 Å². The Kier molecular flexibility index (Phi) is 3.68. The van der Waals surface area contributed by atoms with Crippen molar-refractivity contribution in [3.05, 3.63) is 29.8 Å². The molecule has 0 aromatic heterocycles. The first-order valence-electron chi connectivity index (χ1n) is 7.80. The van der Waals surface area contributed by atoms with E-state index in [0.717, 1.165) is 48.9 Å². The van der Waals surface area contributed by atoms with Crippen LogP contribution in [0, 0.1) is 17.8 Å². The third-order valence-corrected chi connectivity index (χ3v) is 4.72. The van der Waals surface area contributed by atoms with Gasteiger partial charge < -0.3 is 10.6 Å². The molecule has 2 aliphatic carbocycles. The molecule has 0 aliphatic heterocycles. The van der Waals surface area contributed by atoms with Crippen molar-refractivity contribution >= 4 is 11.6 Å². The average Bonchev–Trinajstić information content (AvgIpc) is 3.04. The molecule has 0 saturated heterocycles. The standard InChI is InChI=1S/C17H24N2O/c1-2-6-19(11-12-4-3-5-16(18)7-12)17(20)15-9-13-8-14(13)10-15/h3-5,7,13-15H,2,6,8-11,18H2,1H3. The smallest absolute Gasteiger partial charge is 0.226 e. The molecule has 2 atom stereocenters. The van der Waals surface area contributed by atoms with Gasteiger partial charge >= 0.3 is 0 Å². The summed E-state index contributed by atoms with van der Waals surface area (Å²) in [5, 5.41) is 0. The third kappa shape index (κ3) is 2.82. The molecular formula is C17H24N2O. The second-order valence-electron chi connectivity index (χ2n) is 6.43. The summed E-state index contributed by atoms with van der Waals surface area (Å²) in [5.74, 6) is 2.37. The van der Waals surface area contributed by atoms with E-state index in [-0.39, 0.29) is 5.92 Å². The summed E-state index contributed by atoms with van der Waals surface area (Å²) in [6.07, 6.45) is 4.63. The molecule has 3 heteroatoms. The predicted molar refractivity (Wildman–Crippen MR) is 80.9 cm³/mol. The maximum absolute atomic E-state index is 12.7. The van der Waals surface area contributed by atoms with Crippen molar-refractivity contribution in [3.8, 4) is 0 Å². The molecule has 1 aromatic carbocycles. The highest BCUT2D eigenvalue weighted by molar-refractivity contribution is 5.79. The van der Waals surface area contributed by atoms with Crippen LogP contribution in [0.1, 0.15) is 38.2 Å². The number of benzene rings is 1. The van der Waals surface area contributed by atoms with Gasteiger partial charge in [-0.15, -0.1) is 0 Å². The number of carbonyl (C=O) groups excluding carboxylic acids is 1. The minimum atomic E-state index is 0.284. The van der Waals surface area contributed by atoms with Gasteiger partial charge in [-0.05, 0) is 55.2 Å². The van der Waals surface area contributed by atoms with E-state index in [9.17, 15) is 4.79 Å². The van der Waals surface area contributed by atoms with Crippen molar-refractivity contribution in [2.75, 3.05) is 12.3 Å². The highest BCUT2D eigenvalue weighted by Crippen LogP contribution is 2.54. The van der Waals surface area contributed by atoms with Gasteiger partial charge in [0.25, 0.3) is 0 Å². The Morgan fingerprint density at radius 2 is 2.05 bits per heavy atom. The van der Waals surface area contributed by atoms with Crippen LogP contribution < -0.4 is 5.73 Å². The molecule has 0 heterocycles. The van der Waals surface area contributed by atoms with Crippen LogP contribution in [0.2, 0.25) is 0 Å². The number of amides is 1. The number of anilines is 1. The molecule has 1 amide bonds. The second kappa shape index (κ2) is 5.47. The normalized spacial score (nSPS) is 27.1. The summed E-state index contributed by atoms with van der Waals surface area (Å²) in [4.78, 5) is 14.7. The second-order valence-corrected chi connectivity index (χ2v) is 6.43. The largest absolute Gasteiger partial charge is 0.399 e. The summed E-state index contributed by atoms with van der Waals surface area (Å²) in [7, 11) is 0. The third-order valence-electron chi connectivity index (χ3n) is 4.72. The van der Waals surface area contributed by atoms with Gasteiger partial charge in [-0.3, -0.25) is 4.79 Å². The number of hydrogen-bond acceptors (Lipinski definition) is 2. The Morgan fingerprint density at radius 1 is 1.30 bits per heavy atom. The molecule has 3 rings (SSSR count). The first kappa shape index (κ1) is 13.5. The molecule has 3 nitrogen and oxygen atoms in total. The Hall–Kier alpha value is -1.51. The van der Waals surface area contributed by atoms with E-state index < -0.39 is 0 Å². The number of hydrogen-bond donors (Lipinski definition) is 1. The van der Waals surface area contributed by atoms with Gasteiger partial charge in [-0.2, -0.15) is 0 Å². The topological polar surface area (TPSA) is 46.3 Å². The van der Waals surface area contributed by atoms with E-state index in [1.807, 2.05) is 23.1 Å². The van der Waals surface area contributed by atoms with Crippen LogP contribution in [-0.2, 0) is 11.3 Å². The molecule has 2 N–H and O–H groups in total. The minimum Gasteiger partial charge on any atom is -0.399 e. The highest BCUT2D eigenvalue weighted by Gasteiger charge is 2.48. The number of fused-ring (bicyclic) bond motifs is 1. The van der Waals surface area contributed by atoms with Gasteiger partial charge in [0, 0.05) is 24.7 Å². The zero-order chi connectivity index (χ0) is 14.1. The maximum atomic E-state index is 12.7. The maximum Gasteiger partial charge on any atom is 0.226 e. The zero-order valence-electron chi connectivity index (χ0n) is 12.2. The van der Waals surface area contributed by atoms with Crippen molar-refractivity contribution in [2.45, 2.75) is 39.2 Å². The highest BCUT2D eigenvalue weighted by atomic mass is 16.2. The lowest BCUT2D eigenvalue weighted by atomic mass is 10.0. The van der Waals surface area contributed by atoms with Gasteiger partial charge in [0.05, 0.1) is 0 Å². The molecular weight excluding hydrogens is 248 g/mol. The van der Waals surface area contributed by atoms with Gasteiger partial charge in [-0.1, -0.05) is 19.1 Å². The molecule has 2 saturated carbocycles. The number of rotatable bonds is 5. The van der Waals surface area contributed by atoms with Crippen LogP contribution >= 0.6 is 0 Å². The summed E-state index contributed by atoms with van der Waals surface area (Å²) in [6, 6.07) is 7.88. The summed E-state index contributed by atoms with van der Waals surface area (Å²) in [5.41, 5.74) is 7.73. The van der Waals surface area contributed by atoms with Gasteiger partial charge in [0.15, 0.2) is 0 Å². The van der Waals surface area contributed by atoms with Crippen molar-refractivity contribution in [1.82, 2.24) is 4.90 Å². The molecule has 0 radical (unpaired) electrons. The molecule has 2 unspecified atom stereocenters. The number of nitrogen functional groups attached to an aromatic ring is 1. The quantitative estimate of drug-likeness (QED) is 0.837. The fourth-order valence-corrected chi connectivity index (χ4v) is 3.62. The van der Waals surface area contributed by atoms with Gasteiger partial charge in [0.1, 0.15) is 0 Å². The number of nitrogens with two attached hydrogens (primary N) is 1. The van der Waals surface area contributed by atoms with Crippen LogP contribution in [0.3, 0.4) is 0 Å². The summed E-state index contributed by atoms with van der Waals surface area (Å²) < 4.78 is 0. The van der Waals surface area contributed by atoms with Crippen LogP contribution in [0.5, 0.6) is 0 Å². The molecule has 0 spiro atoms. The fraction of sp³-hybridized carbons (Fsp3) is 0.588. The Balaban J connectivity index is 1.66. The van der Waals surface area contributed by atoms with E-state index in [2.05, 4.69) is 13.0 Å². The Bertz CT molecular complexity index is 490. The molecule has 108 valence electrons. The fourth-order valence-electron chi connectivity index (χ4n) is 3.62. The SMILES string of the molecule is CCCN(Cc1cccc(N)c1)C(=O)C1CC2CC2C1. The van der Waals surface area contributed by atoms with Crippen LogP contribution in [-0.4, -0.2) is 17.4 Å². The Labute approximate surface area is 121 Å². The van der Waals surface area contributed by atoms with E-state index in [0.29, 0.717) is 12.5 Å². The summed E-state index contributed by atoms with van der Waals surface area (Å²) >= 11 is 0. The summed E-state index contributed by atoms with van der Waals surface area (Å²) in [6.45, 7) is 3.68. The number of carbonyl (C=O) groups is 1. The van der Waals surface area contributed by atoms with Crippen LogP contribution in [0.25, 0.3) is 0 Å². The van der Waals surface area contributed by atoms with Gasteiger partial charge in [-0.25, -0.2) is 0 Å². The van der Waals surface area contributed by atoms with E-state index in [1.165, 1.54) is 6.42 Å². The molecule has 2 aliphatic rings. The monoisotopic (exact) mass is 272 g/mol. The lowest BCUT2D eigenvalue weighted by molar-refractivity contribution is -0.136. The first-order chi connectivity index (χ1) is 9.67. The zero-order valence-corrected chi connectivity index (χ0v) is 12.2. The minimum absolute atomic E-state index is 0.284. The van der Waals surface area contributed by atoms with E-state index in [4.69, 9.17) is 5.73 Å². The average molecular weight is 272 g/mol. The molecule has 20 heavy (non-hydrogen) atoms. The molecule has 0 bridgehead atoms. The predicted octanol–water partition coefficient (Wildman–Crippen LogP) is 3.05. The Morgan fingerprint density at radius 3 is 2.70 bits per heavy atom. The van der Waals surface area contributed by atoms with Crippen molar-refractivity contribution in [3.63, 3.8) is 0 Å². The van der Waals surface area contributed by atoms with E-state index >= 15 is 0 Å². The lowest BCUT2D eigenvalue weighted by Gasteiger charge is -2.26. The molecule has 1 aromatic rings. The van der Waals surface area contributed by atoms with Crippen LogP contribution in [0.4, 0.5) is 5.69 Å². The van der Waals surface area contributed by atoms with E-state index in [1.54, 1.807) is 0 Å². The van der Waals surface area contributed by atoms with Crippen molar-refractivity contribution in [2.24, 2.45) is 17.8 Å². The van der Waals surface area contributed by atoms with Crippen molar-refractivity contribution < 1.29 is 4.79 Å². The van der Waals surface area contributed by atoms with Crippen LogP contribution in [0.15, 0.2) is 24.3 Å². The van der Waals surface area contributed by atoms with Crippen molar-refractivity contribution in [1.29, 1.82) is 0 Å². The molecule has 2 fully saturated rings. The first-order valence-corrected chi connectivity index (χ1v) is 7.80. The number of nitrogens with zero attached hydrogens (tertiary/aromatic N) is 1.